The van der Waals surface area contributed by atoms with Crippen LogP contribution in [0.4, 0.5) is 9.59 Å². The maximum Gasteiger partial charge on any atom is 0.431 e. The van der Waals surface area contributed by atoms with Gasteiger partial charge in [-0.1, -0.05) is 35.3 Å². The van der Waals surface area contributed by atoms with Crippen LogP contribution in [0, 0.1) is 5.92 Å². The van der Waals surface area contributed by atoms with E-state index in [0.29, 0.717) is 29.6 Å². The number of nitrogens with zero attached hydrogens (tertiary/aromatic N) is 3. The van der Waals surface area contributed by atoms with Crippen molar-refractivity contribution >= 4 is 41.1 Å². The van der Waals surface area contributed by atoms with Crippen LogP contribution in [0.15, 0.2) is 23.3 Å². The van der Waals surface area contributed by atoms with E-state index < -0.39 is 23.3 Å². The van der Waals surface area contributed by atoms with Crippen molar-refractivity contribution in [2.45, 2.75) is 78.0 Å². The average Bonchev–Trinajstić information content (AvgIpc) is 3.13. The molecule has 0 aliphatic carbocycles. The summed E-state index contributed by atoms with van der Waals surface area (Å²) in [4.78, 5) is 27.1. The van der Waals surface area contributed by atoms with E-state index in [-0.39, 0.29) is 12.0 Å². The third-order valence-corrected chi connectivity index (χ3v) is 6.31. The van der Waals surface area contributed by atoms with Gasteiger partial charge in [0.1, 0.15) is 11.2 Å². The summed E-state index contributed by atoms with van der Waals surface area (Å²) in [7, 11) is 0. The Hall–Kier alpha value is -1.99. The van der Waals surface area contributed by atoms with Gasteiger partial charge in [-0.3, -0.25) is 0 Å². The molecule has 2 heterocycles. The highest BCUT2D eigenvalue weighted by Gasteiger charge is 2.40. The van der Waals surface area contributed by atoms with Gasteiger partial charge in [0, 0.05) is 31.1 Å². The molecule has 182 valence electrons. The first-order valence-corrected chi connectivity index (χ1v) is 12.0. The quantitative estimate of drug-likeness (QED) is 0.456. The number of ether oxygens (including phenoxy) is 2. The topological polar surface area (TPSA) is 71.4 Å². The van der Waals surface area contributed by atoms with Crippen molar-refractivity contribution in [3.8, 4) is 0 Å². The average molecular weight is 498 g/mol. The Kier molecular flexibility index (Phi) is 7.54. The van der Waals surface area contributed by atoms with Gasteiger partial charge in [0.25, 0.3) is 0 Å². The third kappa shape index (κ3) is 6.54. The summed E-state index contributed by atoms with van der Waals surface area (Å²) >= 11 is 12.7. The Bertz CT molecular complexity index is 929. The zero-order valence-corrected chi connectivity index (χ0v) is 21.7. The molecule has 1 aromatic rings. The molecule has 0 aromatic heterocycles. The highest BCUT2D eigenvalue weighted by molar-refractivity contribution is 6.42. The standard InChI is InChI=1S/C24H33Cl2N3O4/c1-23(2,3)32-21(30)28-12-10-15(11-13-28)18-14-19(16-8-7-9-17(25)20(16)26)29(27-18)22(31)33-24(4,5)6/h7-9,15,19H,10-14H2,1-6H3. The fourth-order valence-corrected chi connectivity index (χ4v) is 4.43. The van der Waals surface area contributed by atoms with E-state index in [2.05, 4.69) is 0 Å². The molecule has 9 heteroatoms. The van der Waals surface area contributed by atoms with E-state index in [9.17, 15) is 9.59 Å². The second-order valence-corrected chi connectivity index (χ2v) is 11.3. The maximum atomic E-state index is 13.0. The SMILES string of the molecule is CC(C)(C)OC(=O)N1CCC(C2=NN(C(=O)OC(C)(C)C)C(c3cccc(Cl)c3Cl)C2)CC1. The van der Waals surface area contributed by atoms with Crippen molar-refractivity contribution in [1.82, 2.24) is 9.91 Å². The Labute approximate surface area is 206 Å². The van der Waals surface area contributed by atoms with Crippen LogP contribution >= 0.6 is 23.2 Å². The molecule has 2 aliphatic heterocycles. The second-order valence-electron chi connectivity index (χ2n) is 10.5. The monoisotopic (exact) mass is 497 g/mol. The Balaban J connectivity index is 1.77. The van der Waals surface area contributed by atoms with Gasteiger partial charge in [-0.15, -0.1) is 0 Å². The van der Waals surface area contributed by atoms with Crippen molar-refractivity contribution < 1.29 is 19.1 Å². The van der Waals surface area contributed by atoms with E-state index in [1.54, 1.807) is 11.0 Å². The number of carbonyl (C=O) groups excluding carboxylic acids is 2. The molecule has 1 aromatic carbocycles. The first-order chi connectivity index (χ1) is 15.2. The van der Waals surface area contributed by atoms with Crippen LogP contribution in [0.5, 0.6) is 0 Å². The number of carbonyl (C=O) groups is 2. The van der Waals surface area contributed by atoms with Gasteiger partial charge in [-0.2, -0.15) is 10.1 Å². The zero-order chi connectivity index (χ0) is 24.6. The van der Waals surface area contributed by atoms with E-state index >= 15 is 0 Å². The highest BCUT2D eigenvalue weighted by atomic mass is 35.5. The molecule has 1 atom stereocenters. The van der Waals surface area contributed by atoms with Crippen LogP contribution in [0.3, 0.4) is 0 Å². The Morgan fingerprint density at radius 1 is 0.970 bits per heavy atom. The number of piperidine rings is 1. The number of hydrogen-bond acceptors (Lipinski definition) is 5. The summed E-state index contributed by atoms with van der Waals surface area (Å²) in [5.74, 6) is 0.150. The van der Waals surface area contributed by atoms with Crippen LogP contribution in [-0.4, -0.2) is 52.1 Å². The van der Waals surface area contributed by atoms with Crippen molar-refractivity contribution in [3.05, 3.63) is 33.8 Å². The maximum absolute atomic E-state index is 13.0. The molecular weight excluding hydrogens is 465 g/mol. The van der Waals surface area contributed by atoms with E-state index in [0.717, 1.165) is 24.1 Å². The van der Waals surface area contributed by atoms with Crippen molar-refractivity contribution in [2.24, 2.45) is 11.0 Å². The van der Waals surface area contributed by atoms with Gasteiger partial charge >= 0.3 is 12.2 Å². The number of hydrogen-bond donors (Lipinski definition) is 0. The second kappa shape index (κ2) is 9.71. The van der Waals surface area contributed by atoms with Crippen LogP contribution in [0.1, 0.15) is 72.4 Å². The molecule has 0 saturated carbocycles. The molecule has 0 spiro atoms. The highest BCUT2D eigenvalue weighted by Crippen LogP contribution is 2.40. The first kappa shape index (κ1) is 25.6. The summed E-state index contributed by atoms with van der Waals surface area (Å²) in [5, 5.41) is 6.92. The van der Waals surface area contributed by atoms with Crippen molar-refractivity contribution in [3.63, 3.8) is 0 Å². The molecule has 0 N–H and O–H groups in total. The number of benzene rings is 1. The molecule has 0 bridgehead atoms. The predicted molar refractivity (Wildman–Crippen MR) is 130 cm³/mol. The minimum Gasteiger partial charge on any atom is -0.444 e. The smallest absolute Gasteiger partial charge is 0.431 e. The van der Waals surface area contributed by atoms with Gasteiger partial charge in [0.15, 0.2) is 0 Å². The lowest BCUT2D eigenvalue weighted by Gasteiger charge is -2.33. The number of likely N-dealkylation sites (tertiary alicyclic amines) is 1. The van der Waals surface area contributed by atoms with Crippen LogP contribution in [0.2, 0.25) is 10.0 Å². The molecule has 0 radical (unpaired) electrons. The molecule has 3 rings (SSSR count). The van der Waals surface area contributed by atoms with Gasteiger partial charge in [0.05, 0.1) is 16.1 Å². The summed E-state index contributed by atoms with van der Waals surface area (Å²) in [6.45, 7) is 12.2. The molecule has 2 aliphatic rings. The van der Waals surface area contributed by atoms with Crippen LogP contribution < -0.4 is 0 Å². The fourth-order valence-electron chi connectivity index (χ4n) is 4.00. The number of rotatable bonds is 2. The lowest BCUT2D eigenvalue weighted by molar-refractivity contribution is 0.0191. The summed E-state index contributed by atoms with van der Waals surface area (Å²) in [5.41, 5.74) is 0.461. The molecule has 1 fully saturated rings. The molecule has 1 unspecified atom stereocenters. The zero-order valence-electron chi connectivity index (χ0n) is 20.2. The van der Waals surface area contributed by atoms with E-state index in [4.69, 9.17) is 37.8 Å². The lowest BCUT2D eigenvalue weighted by Crippen LogP contribution is -2.42. The third-order valence-electron chi connectivity index (χ3n) is 5.47. The van der Waals surface area contributed by atoms with Crippen molar-refractivity contribution in [2.75, 3.05) is 13.1 Å². The lowest BCUT2D eigenvalue weighted by atomic mass is 9.88. The Morgan fingerprint density at radius 2 is 1.55 bits per heavy atom. The van der Waals surface area contributed by atoms with Gasteiger partial charge in [-0.25, -0.2) is 9.59 Å². The summed E-state index contributed by atoms with van der Waals surface area (Å²) < 4.78 is 11.1. The fraction of sp³-hybridized carbons (Fsp3) is 0.625. The number of amides is 2. The number of halogens is 2. The molecule has 7 nitrogen and oxygen atoms in total. The van der Waals surface area contributed by atoms with Crippen molar-refractivity contribution in [1.29, 1.82) is 0 Å². The van der Waals surface area contributed by atoms with E-state index in [1.807, 2.05) is 53.7 Å². The molecule has 33 heavy (non-hydrogen) atoms. The number of hydrazone groups is 1. The van der Waals surface area contributed by atoms with E-state index in [1.165, 1.54) is 5.01 Å². The molecular formula is C24H33Cl2N3O4. The summed E-state index contributed by atoms with van der Waals surface area (Å²) in [6.07, 6.45) is 1.21. The van der Waals surface area contributed by atoms with Crippen LogP contribution in [-0.2, 0) is 9.47 Å². The molecule has 2 amide bonds. The van der Waals surface area contributed by atoms with Gasteiger partial charge in [-0.05, 0) is 66.0 Å². The normalized spacial score (nSPS) is 20.0. The summed E-state index contributed by atoms with van der Waals surface area (Å²) in [6, 6.07) is 4.99. The Morgan fingerprint density at radius 3 is 2.12 bits per heavy atom. The minimum atomic E-state index is -0.656. The van der Waals surface area contributed by atoms with Crippen LogP contribution in [0.25, 0.3) is 0 Å². The first-order valence-electron chi connectivity index (χ1n) is 11.3. The molecule has 1 saturated heterocycles. The predicted octanol–water partition coefficient (Wildman–Crippen LogP) is 6.68. The minimum absolute atomic E-state index is 0.150. The van der Waals surface area contributed by atoms with Gasteiger partial charge < -0.3 is 14.4 Å². The van der Waals surface area contributed by atoms with Gasteiger partial charge in [0.2, 0.25) is 0 Å². The largest absolute Gasteiger partial charge is 0.444 e.